The Kier molecular flexibility index (Phi) is 5.64. The van der Waals surface area contributed by atoms with Crippen molar-refractivity contribution in [1.29, 1.82) is 0 Å². The molecule has 2 amide bonds. The van der Waals surface area contributed by atoms with Crippen molar-refractivity contribution >= 4 is 17.8 Å². The molecule has 33 heavy (non-hydrogen) atoms. The van der Waals surface area contributed by atoms with Crippen LogP contribution in [0.4, 0.5) is 0 Å². The first kappa shape index (κ1) is 22.9. The number of hydrogen-bond acceptors (Lipinski definition) is 4. The molecule has 3 saturated carbocycles. The molecular formula is C27H40N2O4. The van der Waals surface area contributed by atoms with Crippen LogP contribution in [0.15, 0.2) is 11.1 Å². The molecule has 5 aliphatic rings. The highest BCUT2D eigenvalue weighted by molar-refractivity contribution is 6.03. The molecule has 1 N–H and O–H groups in total. The average Bonchev–Trinajstić information content (AvgIpc) is 3.41. The van der Waals surface area contributed by atoms with Crippen molar-refractivity contribution in [2.24, 2.45) is 28.6 Å². The lowest BCUT2D eigenvalue weighted by atomic mass is 9.47. The van der Waals surface area contributed by atoms with E-state index in [0.29, 0.717) is 60.1 Å². The van der Waals surface area contributed by atoms with E-state index in [1.165, 1.54) is 26.4 Å². The molecule has 0 aromatic heterocycles. The highest BCUT2D eigenvalue weighted by atomic mass is 16.5. The fourth-order valence-corrected chi connectivity index (χ4v) is 8.98. The smallest absolute Gasteiger partial charge is 0.334 e. The number of amides is 2. The molecule has 182 valence electrons. The number of esters is 1. The molecule has 1 saturated heterocycles. The number of ether oxygens (including phenoxy) is 1. The van der Waals surface area contributed by atoms with Gasteiger partial charge in [-0.3, -0.25) is 9.59 Å². The van der Waals surface area contributed by atoms with Gasteiger partial charge in [-0.1, -0.05) is 13.8 Å². The summed E-state index contributed by atoms with van der Waals surface area (Å²) < 4.78 is 4.92. The predicted molar refractivity (Wildman–Crippen MR) is 125 cm³/mol. The number of nitrogens with zero attached hydrogens (tertiary/aromatic N) is 1. The van der Waals surface area contributed by atoms with Crippen LogP contribution in [-0.2, 0) is 19.1 Å². The van der Waals surface area contributed by atoms with E-state index in [4.69, 9.17) is 4.74 Å². The number of carbonyl (C=O) groups excluding carboxylic acids is 3. The van der Waals surface area contributed by atoms with Gasteiger partial charge in [-0.15, -0.1) is 0 Å². The Balaban J connectivity index is 1.34. The predicted octanol–water partition coefficient (Wildman–Crippen LogP) is 3.99. The van der Waals surface area contributed by atoms with E-state index in [-0.39, 0.29) is 28.7 Å². The van der Waals surface area contributed by atoms with E-state index in [0.717, 1.165) is 32.1 Å². The Morgan fingerprint density at radius 2 is 1.67 bits per heavy atom. The van der Waals surface area contributed by atoms with E-state index in [2.05, 4.69) is 24.1 Å². The number of rotatable bonds is 3. The topological polar surface area (TPSA) is 75.7 Å². The molecule has 1 heterocycles. The zero-order valence-electron chi connectivity index (χ0n) is 20.7. The van der Waals surface area contributed by atoms with Crippen LogP contribution >= 0.6 is 0 Å². The molecule has 7 atom stereocenters. The Morgan fingerprint density at radius 3 is 2.42 bits per heavy atom. The normalized spacial score (nSPS) is 42.5. The van der Waals surface area contributed by atoms with Gasteiger partial charge in [-0.2, -0.15) is 0 Å². The van der Waals surface area contributed by atoms with Crippen molar-refractivity contribution in [2.75, 3.05) is 14.2 Å². The first-order valence-corrected chi connectivity index (χ1v) is 13.1. The first-order valence-electron chi connectivity index (χ1n) is 13.1. The highest BCUT2D eigenvalue weighted by Crippen LogP contribution is 2.64. The molecule has 1 unspecified atom stereocenters. The highest BCUT2D eigenvalue weighted by Gasteiger charge is 2.61. The number of fused-ring (bicyclic) bond motifs is 5. The van der Waals surface area contributed by atoms with Gasteiger partial charge in [0, 0.05) is 36.7 Å². The summed E-state index contributed by atoms with van der Waals surface area (Å²) in [6, 6.07) is 0.552. The summed E-state index contributed by atoms with van der Waals surface area (Å²) in [5.41, 5.74) is 1.55. The molecule has 4 fully saturated rings. The molecule has 1 aliphatic heterocycles. The molecule has 0 aromatic rings. The summed E-state index contributed by atoms with van der Waals surface area (Å²) in [7, 11) is 3.40. The van der Waals surface area contributed by atoms with Crippen molar-refractivity contribution in [3.05, 3.63) is 11.1 Å². The Morgan fingerprint density at radius 1 is 0.939 bits per heavy atom. The van der Waals surface area contributed by atoms with Gasteiger partial charge in [0.15, 0.2) is 0 Å². The Hall–Kier alpha value is -1.85. The van der Waals surface area contributed by atoms with Gasteiger partial charge in [0.05, 0.1) is 7.11 Å². The second kappa shape index (κ2) is 8.13. The van der Waals surface area contributed by atoms with Crippen LogP contribution in [-0.4, -0.2) is 48.9 Å². The summed E-state index contributed by atoms with van der Waals surface area (Å²) in [5.74, 6) is 1.89. The third-order valence-electron chi connectivity index (χ3n) is 10.8. The molecule has 0 aromatic carbocycles. The van der Waals surface area contributed by atoms with Gasteiger partial charge in [0.2, 0.25) is 11.8 Å². The third kappa shape index (κ3) is 3.37. The van der Waals surface area contributed by atoms with Crippen molar-refractivity contribution in [3.63, 3.8) is 0 Å². The Bertz CT molecular complexity index is 897. The van der Waals surface area contributed by atoms with E-state index in [1.54, 1.807) is 0 Å². The second-order valence-electron chi connectivity index (χ2n) is 11.9. The quantitative estimate of drug-likeness (QED) is 0.652. The second-order valence-corrected chi connectivity index (χ2v) is 11.9. The van der Waals surface area contributed by atoms with Gasteiger partial charge < -0.3 is 15.0 Å². The lowest BCUT2D eigenvalue weighted by molar-refractivity contribution is -0.157. The number of nitrogens with one attached hydrogen (secondary N) is 1. The minimum absolute atomic E-state index is 0.0509. The lowest BCUT2D eigenvalue weighted by Gasteiger charge is -2.61. The lowest BCUT2D eigenvalue weighted by Crippen LogP contribution is -2.62. The van der Waals surface area contributed by atoms with Crippen LogP contribution < -0.4 is 5.32 Å². The SMILES string of the molecule is COC(=O)C1=C(C(=O)NC2CC[C@H]3[C@@H]4CC[C@H]5N(C)C(=O)CC[C@]5(C)[C@H]4CC[C@]23C)CCC1. The van der Waals surface area contributed by atoms with Crippen LogP contribution in [0.25, 0.3) is 0 Å². The maximum absolute atomic E-state index is 13.2. The van der Waals surface area contributed by atoms with Crippen LogP contribution in [0.5, 0.6) is 0 Å². The van der Waals surface area contributed by atoms with E-state index in [9.17, 15) is 14.4 Å². The van der Waals surface area contributed by atoms with Crippen LogP contribution in [0.3, 0.4) is 0 Å². The molecular weight excluding hydrogens is 416 g/mol. The van der Waals surface area contributed by atoms with Gasteiger partial charge in [0.1, 0.15) is 0 Å². The maximum Gasteiger partial charge on any atom is 0.334 e. The molecule has 0 radical (unpaired) electrons. The third-order valence-corrected chi connectivity index (χ3v) is 10.8. The minimum Gasteiger partial charge on any atom is -0.466 e. The molecule has 6 heteroatoms. The monoisotopic (exact) mass is 456 g/mol. The van der Waals surface area contributed by atoms with Gasteiger partial charge >= 0.3 is 5.97 Å². The summed E-state index contributed by atoms with van der Waals surface area (Å²) in [6.07, 6.45) is 10.7. The van der Waals surface area contributed by atoms with Crippen molar-refractivity contribution in [2.45, 2.75) is 96.6 Å². The fourth-order valence-electron chi connectivity index (χ4n) is 8.98. The van der Waals surface area contributed by atoms with E-state index in [1.807, 2.05) is 7.05 Å². The summed E-state index contributed by atoms with van der Waals surface area (Å²) in [4.78, 5) is 39.8. The summed E-state index contributed by atoms with van der Waals surface area (Å²) >= 11 is 0. The zero-order chi connectivity index (χ0) is 23.5. The average molecular weight is 457 g/mol. The van der Waals surface area contributed by atoms with Gasteiger partial charge in [-0.25, -0.2) is 4.79 Å². The molecule has 4 aliphatic carbocycles. The number of hydrogen-bond donors (Lipinski definition) is 1. The number of methoxy groups -OCH3 is 1. The van der Waals surface area contributed by atoms with Crippen LogP contribution in [0.1, 0.15) is 84.5 Å². The first-order chi connectivity index (χ1) is 15.7. The number of likely N-dealkylation sites (tertiary alicyclic amines) is 1. The fraction of sp³-hybridized carbons (Fsp3) is 0.815. The largest absolute Gasteiger partial charge is 0.466 e. The molecule has 0 bridgehead atoms. The minimum atomic E-state index is -0.352. The standard InChI is InChI=1S/C27H40N2O4/c1-26-14-12-20-18(8-11-22-27(20,2)15-13-23(30)29(22)3)19(26)9-10-21(26)28-24(31)16-6-5-7-17(16)25(32)33-4/h18-22H,5-15H2,1-4H3,(H,28,31)/t18-,19-,20-,21?,22+,26-,27+/m0/s1. The van der Waals surface area contributed by atoms with E-state index >= 15 is 0 Å². The van der Waals surface area contributed by atoms with Crippen LogP contribution in [0, 0.1) is 28.6 Å². The van der Waals surface area contributed by atoms with Crippen molar-refractivity contribution in [3.8, 4) is 0 Å². The van der Waals surface area contributed by atoms with Crippen LogP contribution in [0.2, 0.25) is 0 Å². The van der Waals surface area contributed by atoms with E-state index < -0.39 is 0 Å². The molecule has 6 nitrogen and oxygen atoms in total. The summed E-state index contributed by atoms with van der Waals surface area (Å²) in [5, 5.41) is 3.39. The maximum atomic E-state index is 13.2. The van der Waals surface area contributed by atoms with Gasteiger partial charge in [-0.05, 0) is 92.8 Å². The summed E-state index contributed by atoms with van der Waals surface area (Å²) in [6.45, 7) is 4.86. The molecule has 5 rings (SSSR count). The Labute approximate surface area is 197 Å². The van der Waals surface area contributed by atoms with Crippen molar-refractivity contribution < 1.29 is 19.1 Å². The number of carbonyl (C=O) groups is 3. The van der Waals surface area contributed by atoms with Gasteiger partial charge in [0.25, 0.3) is 0 Å². The zero-order valence-corrected chi connectivity index (χ0v) is 20.7. The number of piperidine rings is 1. The molecule has 0 spiro atoms. The van der Waals surface area contributed by atoms with Crippen molar-refractivity contribution in [1.82, 2.24) is 10.2 Å².